The quantitative estimate of drug-likeness (QED) is 0.560. The fourth-order valence-corrected chi connectivity index (χ4v) is 4.42. The Labute approximate surface area is 158 Å². The molecule has 2 aromatic carbocycles. The Morgan fingerprint density at radius 2 is 2.12 bits per heavy atom. The molecule has 25 heavy (non-hydrogen) atoms. The van der Waals surface area contributed by atoms with Crippen molar-refractivity contribution in [3.8, 4) is 16.9 Å². The van der Waals surface area contributed by atoms with E-state index in [4.69, 9.17) is 4.74 Å². The number of carbonyl (C=O) groups is 1. The predicted molar refractivity (Wildman–Crippen MR) is 102 cm³/mol. The minimum atomic E-state index is -0.368. The lowest BCUT2D eigenvalue weighted by Gasteiger charge is -2.18. The highest BCUT2D eigenvalue weighted by Gasteiger charge is 2.29. The first-order valence-corrected chi connectivity index (χ1v) is 9.74. The molecular weight excluding hydrogens is 400 g/mol. The molecule has 0 aliphatic carbocycles. The van der Waals surface area contributed by atoms with Crippen LogP contribution in [0.1, 0.15) is 23.0 Å². The van der Waals surface area contributed by atoms with Gasteiger partial charge < -0.3 is 4.74 Å². The van der Waals surface area contributed by atoms with Gasteiger partial charge in [-0.25, -0.2) is 9.48 Å². The maximum atomic E-state index is 12.4. The van der Waals surface area contributed by atoms with Gasteiger partial charge in [0, 0.05) is 26.2 Å². The van der Waals surface area contributed by atoms with Crippen molar-refractivity contribution in [3.05, 3.63) is 64.3 Å². The molecule has 1 aliphatic rings. The second kappa shape index (κ2) is 6.69. The smallest absolute Gasteiger partial charge is 0.359 e. The number of aromatic nitrogens is 2. The molecule has 0 fully saturated rings. The maximum absolute atomic E-state index is 12.4. The lowest BCUT2D eigenvalue weighted by Crippen LogP contribution is -2.08. The summed E-state index contributed by atoms with van der Waals surface area (Å²) in [5.41, 5.74) is 4.30. The fraction of sp³-hybridized carbons (Fsp3) is 0.158. The number of carbonyl (C=O) groups excluding carboxylic acids is 1. The summed E-state index contributed by atoms with van der Waals surface area (Å²) in [6.45, 7) is 2.14. The topological polar surface area (TPSA) is 44.1 Å². The number of hydrogen-bond donors (Lipinski definition) is 0. The summed E-state index contributed by atoms with van der Waals surface area (Å²) in [6, 6.07) is 16.1. The van der Waals surface area contributed by atoms with Gasteiger partial charge >= 0.3 is 5.97 Å². The molecule has 1 aliphatic heterocycles. The summed E-state index contributed by atoms with van der Waals surface area (Å²) in [5, 5.41) is 4.63. The van der Waals surface area contributed by atoms with Gasteiger partial charge in [0.25, 0.3) is 0 Å². The van der Waals surface area contributed by atoms with Gasteiger partial charge in [-0.15, -0.1) is 11.8 Å². The van der Waals surface area contributed by atoms with Crippen LogP contribution in [-0.4, -0.2) is 22.4 Å². The second-order valence-corrected chi connectivity index (χ2v) is 7.51. The molecule has 0 atom stereocenters. The highest BCUT2D eigenvalue weighted by atomic mass is 79.9. The van der Waals surface area contributed by atoms with Crippen LogP contribution >= 0.6 is 27.7 Å². The number of esters is 1. The Kier molecular flexibility index (Phi) is 4.39. The van der Waals surface area contributed by atoms with Gasteiger partial charge in [-0.2, -0.15) is 5.10 Å². The third-order valence-electron chi connectivity index (χ3n) is 4.02. The normalized spacial score (nSPS) is 12.4. The standard InChI is InChI=1S/C19H15BrN2O2S/c1-2-24-19(23)17-15-11-25-16-9-4-3-8-14(16)18(15)22(21-17)13-7-5-6-12(20)10-13/h3-10H,2,11H2,1H3. The largest absolute Gasteiger partial charge is 0.461 e. The van der Waals surface area contributed by atoms with Crippen molar-refractivity contribution >= 4 is 33.7 Å². The molecule has 4 rings (SSSR count). The molecule has 4 nitrogen and oxygen atoms in total. The summed E-state index contributed by atoms with van der Waals surface area (Å²) >= 11 is 5.23. The maximum Gasteiger partial charge on any atom is 0.359 e. The number of halogens is 1. The van der Waals surface area contributed by atoms with E-state index in [2.05, 4.69) is 33.2 Å². The summed E-state index contributed by atoms with van der Waals surface area (Å²) in [6.07, 6.45) is 0. The third-order valence-corrected chi connectivity index (χ3v) is 5.61. The average molecular weight is 415 g/mol. The minimum absolute atomic E-state index is 0.334. The minimum Gasteiger partial charge on any atom is -0.461 e. The first kappa shape index (κ1) is 16.4. The van der Waals surface area contributed by atoms with E-state index < -0.39 is 0 Å². The van der Waals surface area contributed by atoms with E-state index in [0.29, 0.717) is 18.1 Å². The SMILES string of the molecule is CCOC(=O)c1nn(-c2cccc(Br)c2)c2c1CSc1ccccc1-2. The number of hydrogen-bond acceptors (Lipinski definition) is 4. The van der Waals surface area contributed by atoms with Crippen LogP contribution in [0.15, 0.2) is 57.9 Å². The summed E-state index contributed by atoms with van der Waals surface area (Å²) in [4.78, 5) is 13.6. The molecule has 0 bridgehead atoms. The second-order valence-electron chi connectivity index (χ2n) is 5.57. The summed E-state index contributed by atoms with van der Waals surface area (Å²) < 4.78 is 8.04. The van der Waals surface area contributed by atoms with Gasteiger partial charge in [0.05, 0.1) is 18.0 Å². The Morgan fingerprint density at radius 3 is 2.92 bits per heavy atom. The number of benzene rings is 2. The van der Waals surface area contributed by atoms with Gasteiger partial charge in [-0.1, -0.05) is 40.2 Å². The number of thioether (sulfide) groups is 1. The van der Waals surface area contributed by atoms with E-state index in [1.165, 1.54) is 4.90 Å². The molecule has 0 N–H and O–H groups in total. The van der Waals surface area contributed by atoms with Crippen LogP contribution in [0.25, 0.3) is 16.9 Å². The first-order valence-electron chi connectivity index (χ1n) is 7.96. The average Bonchev–Trinajstić information content (AvgIpc) is 3.02. The third kappa shape index (κ3) is 2.89. The molecule has 0 amide bonds. The van der Waals surface area contributed by atoms with E-state index in [1.54, 1.807) is 18.7 Å². The highest BCUT2D eigenvalue weighted by molar-refractivity contribution is 9.10. The number of ether oxygens (including phenoxy) is 1. The van der Waals surface area contributed by atoms with Gasteiger partial charge in [0.15, 0.2) is 5.69 Å². The molecular formula is C19H15BrN2O2S. The van der Waals surface area contributed by atoms with E-state index in [9.17, 15) is 4.79 Å². The van der Waals surface area contributed by atoms with Gasteiger partial charge in [-0.3, -0.25) is 0 Å². The lowest BCUT2D eigenvalue weighted by molar-refractivity contribution is 0.0518. The zero-order valence-corrected chi connectivity index (χ0v) is 15.9. The molecule has 0 spiro atoms. The highest BCUT2D eigenvalue weighted by Crippen LogP contribution is 2.43. The van der Waals surface area contributed by atoms with Crippen molar-refractivity contribution in [2.75, 3.05) is 6.61 Å². The number of fused-ring (bicyclic) bond motifs is 3. The first-order chi connectivity index (χ1) is 12.2. The Hall–Kier alpha value is -2.05. The van der Waals surface area contributed by atoms with E-state index >= 15 is 0 Å². The van der Waals surface area contributed by atoms with Crippen molar-refractivity contribution in [2.45, 2.75) is 17.6 Å². The molecule has 0 saturated carbocycles. The fourth-order valence-electron chi connectivity index (χ4n) is 2.96. The van der Waals surface area contributed by atoms with Crippen molar-refractivity contribution in [1.82, 2.24) is 9.78 Å². The van der Waals surface area contributed by atoms with Crippen molar-refractivity contribution in [3.63, 3.8) is 0 Å². The molecule has 3 aromatic rings. The summed E-state index contributed by atoms with van der Waals surface area (Å²) in [5.74, 6) is 0.335. The van der Waals surface area contributed by atoms with Crippen molar-refractivity contribution < 1.29 is 9.53 Å². The van der Waals surface area contributed by atoms with E-state index in [1.807, 2.05) is 41.1 Å². The molecule has 6 heteroatoms. The van der Waals surface area contributed by atoms with Crippen LogP contribution in [0.2, 0.25) is 0 Å². The summed E-state index contributed by atoms with van der Waals surface area (Å²) in [7, 11) is 0. The van der Waals surface area contributed by atoms with Gasteiger partial charge in [0.1, 0.15) is 0 Å². The van der Waals surface area contributed by atoms with Gasteiger partial charge in [0.2, 0.25) is 0 Å². The number of rotatable bonds is 3. The van der Waals surface area contributed by atoms with Crippen LogP contribution in [-0.2, 0) is 10.5 Å². The van der Waals surface area contributed by atoms with Crippen LogP contribution in [0.4, 0.5) is 0 Å². The number of nitrogens with zero attached hydrogens (tertiary/aromatic N) is 2. The van der Waals surface area contributed by atoms with Gasteiger partial charge in [-0.05, 0) is 31.2 Å². The zero-order chi connectivity index (χ0) is 17.4. The van der Waals surface area contributed by atoms with Crippen LogP contribution in [0.3, 0.4) is 0 Å². The molecule has 2 heterocycles. The van der Waals surface area contributed by atoms with E-state index in [0.717, 1.165) is 27.0 Å². The molecule has 1 aromatic heterocycles. The van der Waals surface area contributed by atoms with Crippen LogP contribution < -0.4 is 0 Å². The predicted octanol–water partition coefficient (Wildman–Crippen LogP) is 5.08. The molecule has 0 saturated heterocycles. The lowest BCUT2D eigenvalue weighted by atomic mass is 10.1. The molecule has 0 unspecified atom stereocenters. The van der Waals surface area contributed by atoms with Crippen molar-refractivity contribution in [1.29, 1.82) is 0 Å². The Balaban J connectivity index is 1.98. The van der Waals surface area contributed by atoms with Crippen LogP contribution in [0.5, 0.6) is 0 Å². The zero-order valence-electron chi connectivity index (χ0n) is 13.5. The molecule has 126 valence electrons. The Bertz CT molecular complexity index is 968. The monoisotopic (exact) mass is 414 g/mol. The Morgan fingerprint density at radius 1 is 1.28 bits per heavy atom. The molecule has 0 radical (unpaired) electrons. The van der Waals surface area contributed by atoms with E-state index in [-0.39, 0.29) is 5.97 Å². The van der Waals surface area contributed by atoms with Crippen LogP contribution in [0, 0.1) is 0 Å². The van der Waals surface area contributed by atoms with Crippen molar-refractivity contribution in [2.24, 2.45) is 0 Å².